The number of hydrogen-bond donors (Lipinski definition) is 1. The van der Waals surface area contributed by atoms with E-state index in [1.165, 1.54) is 19.0 Å². The predicted molar refractivity (Wildman–Crippen MR) is 63.7 cm³/mol. The van der Waals surface area contributed by atoms with Crippen LogP contribution in [0.2, 0.25) is 0 Å². The number of nitrogens with zero attached hydrogens (tertiary/aromatic N) is 3. The molecule has 0 radical (unpaired) electrons. The van der Waals surface area contributed by atoms with Crippen molar-refractivity contribution in [3.8, 4) is 0 Å². The molecule has 0 aromatic rings. The van der Waals surface area contributed by atoms with Crippen LogP contribution >= 0.6 is 0 Å². The van der Waals surface area contributed by atoms with Crippen LogP contribution in [0.1, 0.15) is 26.7 Å². The maximum atomic E-state index is 11.4. The Bertz CT molecular complexity index is 286. The fourth-order valence-electron chi connectivity index (χ4n) is 1.02. The zero-order valence-electron chi connectivity index (χ0n) is 11.4. The molecule has 0 rings (SSSR count). The van der Waals surface area contributed by atoms with Crippen molar-refractivity contribution < 1.29 is 29.2 Å². The van der Waals surface area contributed by atoms with Crippen LogP contribution in [0.25, 0.3) is 0 Å². The first-order valence-corrected chi connectivity index (χ1v) is 6.00. The van der Waals surface area contributed by atoms with Gasteiger partial charge in [-0.1, -0.05) is 0 Å². The molecular weight excluding hydrogens is 258 g/mol. The van der Waals surface area contributed by atoms with E-state index in [0.717, 1.165) is 0 Å². The SMILES string of the molecule is CCOC(=O)OC(C)ON=[N+]([O-])N(C)CCCCO. The monoisotopic (exact) mass is 279 g/mol. The Morgan fingerprint density at radius 1 is 1.53 bits per heavy atom. The minimum atomic E-state index is -1.03. The van der Waals surface area contributed by atoms with Crippen molar-refractivity contribution in [2.45, 2.75) is 33.0 Å². The van der Waals surface area contributed by atoms with Gasteiger partial charge in [0.15, 0.2) is 0 Å². The highest BCUT2D eigenvalue weighted by atomic mass is 16.8. The molecule has 1 unspecified atom stereocenters. The summed E-state index contributed by atoms with van der Waals surface area (Å²) in [7, 11) is 1.52. The zero-order chi connectivity index (χ0) is 14.7. The predicted octanol–water partition coefficient (Wildman–Crippen LogP) is 1.02. The number of carbonyl (C=O) groups excluding carboxylic acids is 1. The molecule has 0 amide bonds. The maximum absolute atomic E-state index is 11.4. The minimum Gasteiger partial charge on any atom is -0.569 e. The van der Waals surface area contributed by atoms with Gasteiger partial charge in [0.2, 0.25) is 5.28 Å². The van der Waals surface area contributed by atoms with Gasteiger partial charge in [-0.05, 0) is 19.8 Å². The van der Waals surface area contributed by atoms with Crippen molar-refractivity contribution in [2.75, 3.05) is 26.8 Å². The van der Waals surface area contributed by atoms with Crippen LogP contribution in [0, 0.1) is 5.21 Å². The summed E-state index contributed by atoms with van der Waals surface area (Å²) in [6, 6.07) is 0. The van der Waals surface area contributed by atoms with Crippen LogP contribution in [0.5, 0.6) is 0 Å². The van der Waals surface area contributed by atoms with E-state index in [1.807, 2.05) is 0 Å². The first-order chi connectivity index (χ1) is 9.01. The Labute approximate surface area is 111 Å². The summed E-state index contributed by atoms with van der Waals surface area (Å²) in [5.74, 6) is 0. The van der Waals surface area contributed by atoms with E-state index in [-0.39, 0.29) is 18.2 Å². The van der Waals surface area contributed by atoms with Crippen LogP contribution in [-0.2, 0) is 14.3 Å². The highest BCUT2D eigenvalue weighted by molar-refractivity contribution is 5.59. The average molecular weight is 279 g/mol. The Morgan fingerprint density at radius 2 is 2.21 bits per heavy atom. The first kappa shape index (κ1) is 17.2. The van der Waals surface area contributed by atoms with E-state index in [1.54, 1.807) is 6.92 Å². The van der Waals surface area contributed by atoms with Gasteiger partial charge < -0.3 is 19.8 Å². The Hall–Kier alpha value is -1.77. The molecule has 0 fully saturated rings. The lowest BCUT2D eigenvalue weighted by molar-refractivity contribution is -0.707. The number of carbonyl (C=O) groups is 1. The number of ether oxygens (including phenoxy) is 2. The van der Waals surface area contributed by atoms with Gasteiger partial charge >= 0.3 is 6.16 Å². The fraction of sp³-hybridized carbons (Fsp3) is 0.900. The summed E-state index contributed by atoms with van der Waals surface area (Å²) >= 11 is 0. The molecule has 1 N–H and O–H groups in total. The second kappa shape index (κ2) is 10.2. The van der Waals surface area contributed by atoms with Gasteiger partial charge in [-0.15, -0.1) is 5.01 Å². The minimum absolute atomic E-state index is 0.0742. The Kier molecular flexibility index (Phi) is 9.23. The van der Waals surface area contributed by atoms with Crippen molar-refractivity contribution in [2.24, 2.45) is 5.28 Å². The van der Waals surface area contributed by atoms with Gasteiger partial charge in [0.25, 0.3) is 6.29 Å². The molecule has 0 aromatic heterocycles. The summed E-state index contributed by atoms with van der Waals surface area (Å²) in [5.41, 5.74) is 0. The smallest absolute Gasteiger partial charge is 0.511 e. The number of hydrogen-bond acceptors (Lipinski definition) is 7. The quantitative estimate of drug-likeness (QED) is 0.168. The van der Waals surface area contributed by atoms with Gasteiger partial charge in [-0.2, -0.15) is 0 Å². The summed E-state index contributed by atoms with van der Waals surface area (Å²) in [4.78, 5) is 15.8. The lowest BCUT2D eigenvalue weighted by atomic mass is 10.3. The summed E-state index contributed by atoms with van der Waals surface area (Å²) < 4.78 is 9.15. The molecule has 0 heterocycles. The van der Waals surface area contributed by atoms with Crippen LogP contribution in [-0.4, -0.2) is 54.3 Å². The van der Waals surface area contributed by atoms with E-state index in [4.69, 9.17) is 5.11 Å². The third-order valence-electron chi connectivity index (χ3n) is 1.97. The highest BCUT2D eigenvalue weighted by Crippen LogP contribution is 1.99. The number of aliphatic hydroxyl groups excluding tert-OH is 1. The number of aliphatic hydroxyl groups is 1. The third-order valence-corrected chi connectivity index (χ3v) is 1.97. The van der Waals surface area contributed by atoms with Crippen LogP contribution < -0.4 is 0 Å². The molecule has 0 saturated carbocycles. The van der Waals surface area contributed by atoms with Crippen LogP contribution in [0.15, 0.2) is 5.28 Å². The molecule has 0 aliphatic carbocycles. The van der Waals surface area contributed by atoms with Crippen molar-refractivity contribution >= 4 is 6.16 Å². The molecule has 0 aliphatic rings. The van der Waals surface area contributed by atoms with Gasteiger partial charge in [0.1, 0.15) is 0 Å². The van der Waals surface area contributed by atoms with Crippen molar-refractivity contribution in [3.05, 3.63) is 5.21 Å². The summed E-state index contributed by atoms with van der Waals surface area (Å²) in [5, 5.41) is 24.5. The molecule has 0 aliphatic heterocycles. The second-order valence-electron chi connectivity index (χ2n) is 3.62. The molecular formula is C10H21N3O6. The van der Waals surface area contributed by atoms with Crippen LogP contribution in [0.3, 0.4) is 0 Å². The largest absolute Gasteiger partial charge is 0.569 e. The van der Waals surface area contributed by atoms with Crippen molar-refractivity contribution in [3.63, 3.8) is 0 Å². The maximum Gasteiger partial charge on any atom is 0.511 e. The molecule has 0 aromatic carbocycles. The first-order valence-electron chi connectivity index (χ1n) is 6.00. The lowest BCUT2D eigenvalue weighted by Crippen LogP contribution is -2.28. The van der Waals surface area contributed by atoms with Crippen molar-refractivity contribution in [1.82, 2.24) is 5.01 Å². The average Bonchev–Trinajstić information content (AvgIpc) is 2.36. The molecule has 9 nitrogen and oxygen atoms in total. The zero-order valence-corrected chi connectivity index (χ0v) is 11.4. The topological polar surface area (TPSA) is 107 Å². The van der Waals surface area contributed by atoms with E-state index in [9.17, 15) is 10.0 Å². The molecule has 9 heteroatoms. The molecule has 19 heavy (non-hydrogen) atoms. The van der Waals surface area contributed by atoms with Gasteiger partial charge in [-0.3, -0.25) is 4.84 Å². The fourth-order valence-corrected chi connectivity index (χ4v) is 1.02. The van der Waals surface area contributed by atoms with E-state index in [2.05, 4.69) is 19.6 Å². The van der Waals surface area contributed by atoms with E-state index in [0.29, 0.717) is 19.4 Å². The van der Waals surface area contributed by atoms with Gasteiger partial charge in [0, 0.05) is 13.5 Å². The Morgan fingerprint density at radius 3 is 2.79 bits per heavy atom. The number of hydrazine groups is 1. The van der Waals surface area contributed by atoms with E-state index < -0.39 is 12.4 Å². The third kappa shape index (κ3) is 8.89. The second-order valence-corrected chi connectivity index (χ2v) is 3.62. The Balaban J connectivity index is 3.97. The molecule has 0 saturated heterocycles. The van der Waals surface area contributed by atoms with Crippen LogP contribution in [0.4, 0.5) is 4.79 Å². The highest BCUT2D eigenvalue weighted by Gasteiger charge is 2.13. The van der Waals surface area contributed by atoms with E-state index >= 15 is 0 Å². The lowest BCUT2D eigenvalue weighted by Gasteiger charge is -2.13. The standard InChI is InChI=1S/C10H21N3O6/c1-4-17-10(15)18-9(2)19-11-13(16)12(3)7-5-6-8-14/h9,14H,4-8H2,1-3H3. The van der Waals surface area contributed by atoms with Crippen molar-refractivity contribution in [1.29, 1.82) is 0 Å². The molecule has 0 spiro atoms. The summed E-state index contributed by atoms with van der Waals surface area (Å²) in [6.07, 6.45) is -0.669. The number of rotatable bonds is 9. The van der Waals surface area contributed by atoms with Gasteiger partial charge in [0.05, 0.1) is 25.2 Å². The summed E-state index contributed by atoms with van der Waals surface area (Å²) in [6.45, 7) is 3.72. The molecule has 0 bridgehead atoms. The normalized spacial score (nSPS) is 12.7. The number of unbranched alkanes of at least 4 members (excludes halogenated alkanes) is 1. The van der Waals surface area contributed by atoms with Gasteiger partial charge in [-0.25, -0.2) is 4.79 Å². The molecule has 112 valence electrons. The molecule has 1 atom stereocenters.